The predicted molar refractivity (Wildman–Crippen MR) is 29.6 cm³/mol. The first-order chi connectivity index (χ1) is 3.13. The van der Waals surface area contributed by atoms with Crippen LogP contribution < -0.4 is 0 Å². The summed E-state index contributed by atoms with van der Waals surface area (Å²) < 4.78 is 3.97. The molecule has 0 saturated heterocycles. The fourth-order valence-corrected chi connectivity index (χ4v) is 0.202. The van der Waals surface area contributed by atoms with E-state index in [1.54, 1.807) is 0 Å². The van der Waals surface area contributed by atoms with Crippen LogP contribution >= 0.6 is 0 Å². The zero-order chi connectivity index (χ0) is 5.86. The van der Waals surface area contributed by atoms with Crippen LogP contribution in [0.15, 0.2) is 0 Å². The van der Waals surface area contributed by atoms with Crippen LogP contribution in [0.4, 0.5) is 0 Å². The Hall–Kier alpha value is 0.776. The molecule has 42 valence electrons. The summed E-state index contributed by atoms with van der Waals surface area (Å²) >= 11 is 0. The second-order valence-corrected chi connectivity index (χ2v) is 1.09. The third-order valence-corrected chi connectivity index (χ3v) is 0.287. The molecule has 0 aromatic rings. The third-order valence-electron chi connectivity index (χ3n) is 0.287. The number of esters is 2. The Bertz CT molecular complexity index is 87.5. The quantitative estimate of drug-likeness (QED) is 0.259. The van der Waals surface area contributed by atoms with Gasteiger partial charge in [0.05, 0.1) is 0 Å². The number of hydrogen-bond donors (Lipinski definition) is 0. The number of ether oxygens (including phenoxy) is 1. The summed E-state index contributed by atoms with van der Waals surface area (Å²) in [5.74, 6) is -1.12. The van der Waals surface area contributed by atoms with Crippen molar-refractivity contribution in [3.8, 4) is 0 Å². The molecule has 0 atom stereocenters. The molecule has 0 aromatic heterocycles. The van der Waals surface area contributed by atoms with Gasteiger partial charge < -0.3 is 4.74 Å². The molecule has 0 saturated carbocycles. The molecule has 4 heteroatoms. The maximum absolute atomic E-state index is 9.81. The van der Waals surface area contributed by atoms with Crippen molar-refractivity contribution in [1.82, 2.24) is 0 Å². The van der Waals surface area contributed by atoms with Gasteiger partial charge >= 0.3 is 63.3 Å². The molecule has 0 unspecified atom stereocenters. The molecule has 0 rings (SSSR count). The van der Waals surface area contributed by atoms with Crippen LogP contribution in [-0.2, 0) is 14.3 Å². The molecule has 0 aliphatic carbocycles. The van der Waals surface area contributed by atoms with Crippen LogP contribution in [0.5, 0.6) is 0 Å². The molecular weight excluding hydrogens is 135 g/mol. The first kappa shape index (κ1) is 11.6. The molecule has 0 fully saturated rings. The van der Waals surface area contributed by atoms with Crippen LogP contribution in [0.3, 0.4) is 0 Å². The monoisotopic (exact) mass is 142 g/mol. The van der Waals surface area contributed by atoms with Crippen molar-refractivity contribution in [3.05, 3.63) is 0 Å². The molecule has 3 nitrogen and oxygen atoms in total. The van der Waals surface area contributed by atoms with E-state index in [-0.39, 0.29) is 51.4 Å². The molecule has 0 amide bonds. The van der Waals surface area contributed by atoms with Crippen LogP contribution in [0, 0.1) is 0 Å². The van der Waals surface area contributed by atoms with Crippen LogP contribution in [0.25, 0.3) is 0 Å². The van der Waals surface area contributed by atoms with Gasteiger partial charge in [-0.1, -0.05) is 0 Å². The first-order valence-electron chi connectivity index (χ1n) is 1.82. The van der Waals surface area contributed by atoms with Gasteiger partial charge in [0.25, 0.3) is 0 Å². The van der Waals surface area contributed by atoms with Gasteiger partial charge in [0.2, 0.25) is 0 Å². The number of carbonyl (C=O) groups excluding carboxylic acids is 2. The predicted octanol–water partition coefficient (Wildman–Crippen LogP) is -0.552. The Labute approximate surface area is 90.2 Å². The summed E-state index contributed by atoms with van der Waals surface area (Å²) in [5.41, 5.74) is 0. The van der Waals surface area contributed by atoms with Crippen LogP contribution in [0.1, 0.15) is 13.8 Å². The summed E-state index contributed by atoms with van der Waals surface area (Å²) in [5, 5.41) is 0. The van der Waals surface area contributed by atoms with Gasteiger partial charge in [0.15, 0.2) is 0 Å². The molecule has 0 aliphatic rings. The van der Waals surface area contributed by atoms with Gasteiger partial charge in [-0.3, -0.25) is 9.59 Å². The van der Waals surface area contributed by atoms with Gasteiger partial charge in [-0.2, -0.15) is 0 Å². The van der Waals surface area contributed by atoms with Crippen LogP contribution in [-0.4, -0.2) is 63.3 Å². The average molecular weight is 142 g/mol. The molecule has 0 radical (unpaired) electrons. The van der Waals surface area contributed by atoms with Gasteiger partial charge in [0.1, 0.15) is 0 Å². The second-order valence-electron chi connectivity index (χ2n) is 1.09. The van der Waals surface area contributed by atoms with E-state index in [1.807, 2.05) is 0 Å². The summed E-state index contributed by atoms with van der Waals surface area (Å²) in [6, 6.07) is 0. The van der Waals surface area contributed by atoms with Crippen molar-refractivity contribution in [2.24, 2.45) is 0 Å². The summed E-state index contributed by atoms with van der Waals surface area (Å²) in [6.45, 7) is 2.36. The minimum atomic E-state index is -0.562. The van der Waals surface area contributed by atoms with E-state index in [1.165, 1.54) is 13.8 Å². The van der Waals surface area contributed by atoms with Crippen molar-refractivity contribution in [1.29, 1.82) is 0 Å². The van der Waals surface area contributed by atoms with E-state index in [4.69, 9.17) is 0 Å². The van der Waals surface area contributed by atoms with Crippen molar-refractivity contribution in [2.45, 2.75) is 13.8 Å². The van der Waals surface area contributed by atoms with Crippen molar-refractivity contribution < 1.29 is 14.3 Å². The number of carbonyl (C=O) groups is 2. The molecule has 0 aromatic carbocycles. The van der Waals surface area contributed by atoms with Gasteiger partial charge in [-0.25, -0.2) is 0 Å². The molecule has 0 heterocycles. The fraction of sp³-hybridized carbons (Fsp3) is 0.500. The number of hydrogen-bond acceptors (Lipinski definition) is 3. The Morgan fingerprint density at radius 1 is 1.12 bits per heavy atom. The minimum absolute atomic E-state index is 0. The molecule has 0 N–H and O–H groups in total. The summed E-state index contributed by atoms with van der Waals surface area (Å²) in [7, 11) is 0. The topological polar surface area (TPSA) is 43.4 Å². The van der Waals surface area contributed by atoms with E-state index < -0.39 is 11.9 Å². The SMILES string of the molecule is CC(=O)OC(C)=O.[KH]. The van der Waals surface area contributed by atoms with E-state index in [2.05, 4.69) is 4.74 Å². The van der Waals surface area contributed by atoms with Crippen LogP contribution in [0.2, 0.25) is 0 Å². The summed E-state index contributed by atoms with van der Waals surface area (Å²) in [4.78, 5) is 19.6. The standard InChI is InChI=1S/C4H6O3.K.H/c1-3(5)7-4(2)6;;/h1-2H3;;. The number of rotatable bonds is 0. The molecule has 0 aliphatic heterocycles. The first-order valence-corrected chi connectivity index (χ1v) is 1.82. The average Bonchev–Trinajstić information content (AvgIpc) is 1.27. The zero-order valence-electron chi connectivity index (χ0n) is 4.22. The van der Waals surface area contributed by atoms with Crippen molar-refractivity contribution in [3.63, 3.8) is 0 Å². The Morgan fingerprint density at radius 3 is 1.38 bits per heavy atom. The van der Waals surface area contributed by atoms with Gasteiger partial charge in [-0.15, -0.1) is 0 Å². The van der Waals surface area contributed by atoms with Crippen molar-refractivity contribution in [2.75, 3.05) is 0 Å². The maximum atomic E-state index is 9.81. The fourth-order valence-electron chi connectivity index (χ4n) is 0.202. The summed E-state index contributed by atoms with van der Waals surface area (Å²) in [6.07, 6.45) is 0. The Balaban J connectivity index is 0. The van der Waals surface area contributed by atoms with E-state index in [0.29, 0.717) is 0 Å². The second kappa shape index (κ2) is 5.90. The molecule has 0 spiro atoms. The van der Waals surface area contributed by atoms with E-state index in [0.717, 1.165) is 0 Å². The Kier molecular flexibility index (Phi) is 8.53. The van der Waals surface area contributed by atoms with Gasteiger partial charge in [-0.05, 0) is 0 Å². The normalized spacial score (nSPS) is 6.75. The van der Waals surface area contributed by atoms with E-state index >= 15 is 0 Å². The van der Waals surface area contributed by atoms with E-state index in [9.17, 15) is 9.59 Å². The zero-order valence-corrected chi connectivity index (χ0v) is 4.22. The molecular formula is C4H7KO3. The third kappa shape index (κ3) is 9.91. The Morgan fingerprint density at radius 2 is 1.38 bits per heavy atom. The molecule has 8 heavy (non-hydrogen) atoms. The molecule has 0 bridgehead atoms. The van der Waals surface area contributed by atoms with Crippen molar-refractivity contribution >= 4 is 63.3 Å². The van der Waals surface area contributed by atoms with Gasteiger partial charge in [0, 0.05) is 13.8 Å².